The quantitative estimate of drug-likeness (QED) is 0.669. The van der Waals surface area contributed by atoms with Gasteiger partial charge >= 0.3 is 0 Å². The van der Waals surface area contributed by atoms with Gasteiger partial charge in [0.05, 0.1) is 13.2 Å². The molecule has 0 aromatic heterocycles. The maximum Gasteiger partial charge on any atom is 0.159 e. The second-order valence-corrected chi connectivity index (χ2v) is 4.16. The van der Waals surface area contributed by atoms with Gasteiger partial charge < -0.3 is 4.74 Å². The fraction of sp³-hybridized carbons (Fsp3) is 0.143. The standard InChI is InChI=1S/C14H13F3N2O/c1-20-13-5-3-9(15)7-10(13)14(19-18)8-2-4-11(16)12(17)6-8/h2-7,14,19H,18H2,1H3. The summed E-state index contributed by atoms with van der Waals surface area (Å²) in [6.07, 6.45) is 0. The summed E-state index contributed by atoms with van der Waals surface area (Å²) in [5, 5.41) is 0. The number of rotatable bonds is 4. The number of halogens is 3. The molecule has 3 N–H and O–H groups in total. The predicted octanol–water partition coefficient (Wildman–Crippen LogP) is 2.67. The van der Waals surface area contributed by atoms with Crippen molar-refractivity contribution in [2.75, 3.05) is 7.11 Å². The summed E-state index contributed by atoms with van der Waals surface area (Å²) in [6.45, 7) is 0. The third-order valence-corrected chi connectivity index (χ3v) is 2.95. The normalized spacial score (nSPS) is 12.2. The van der Waals surface area contributed by atoms with Gasteiger partial charge in [-0.25, -0.2) is 18.6 Å². The highest BCUT2D eigenvalue weighted by Gasteiger charge is 2.19. The monoisotopic (exact) mass is 282 g/mol. The number of hydrazine groups is 1. The summed E-state index contributed by atoms with van der Waals surface area (Å²) in [4.78, 5) is 0. The molecule has 0 aliphatic heterocycles. The molecular weight excluding hydrogens is 269 g/mol. The predicted molar refractivity (Wildman–Crippen MR) is 68.5 cm³/mol. The van der Waals surface area contributed by atoms with E-state index in [9.17, 15) is 13.2 Å². The first-order valence-corrected chi connectivity index (χ1v) is 5.81. The maximum absolute atomic E-state index is 13.4. The number of ether oxygens (including phenoxy) is 1. The van der Waals surface area contributed by atoms with Gasteiger partial charge in [0, 0.05) is 5.56 Å². The summed E-state index contributed by atoms with van der Waals surface area (Å²) in [5.74, 6) is 3.40. The fourth-order valence-electron chi connectivity index (χ4n) is 1.99. The minimum absolute atomic E-state index is 0.357. The number of nitrogens with one attached hydrogen (secondary N) is 1. The Labute approximate surface area is 114 Å². The number of hydrogen-bond acceptors (Lipinski definition) is 3. The molecular formula is C14H13F3N2O. The van der Waals surface area contributed by atoms with Crippen LogP contribution in [0.2, 0.25) is 0 Å². The fourth-order valence-corrected chi connectivity index (χ4v) is 1.99. The topological polar surface area (TPSA) is 47.3 Å². The van der Waals surface area contributed by atoms with E-state index in [-0.39, 0.29) is 0 Å². The average Bonchev–Trinajstić information content (AvgIpc) is 2.44. The van der Waals surface area contributed by atoms with Crippen molar-refractivity contribution in [2.45, 2.75) is 6.04 Å². The number of methoxy groups -OCH3 is 1. The van der Waals surface area contributed by atoms with Crippen LogP contribution in [0, 0.1) is 17.5 Å². The van der Waals surface area contributed by atoms with Crippen LogP contribution in [0.15, 0.2) is 36.4 Å². The van der Waals surface area contributed by atoms with Crippen molar-refractivity contribution in [3.8, 4) is 5.75 Å². The lowest BCUT2D eigenvalue weighted by Gasteiger charge is -2.19. The molecule has 0 aliphatic carbocycles. The minimum Gasteiger partial charge on any atom is -0.496 e. The Bertz CT molecular complexity index is 619. The molecule has 0 saturated heterocycles. The highest BCUT2D eigenvalue weighted by molar-refractivity contribution is 5.42. The van der Waals surface area contributed by atoms with E-state index < -0.39 is 23.5 Å². The van der Waals surface area contributed by atoms with Crippen LogP contribution < -0.4 is 16.0 Å². The van der Waals surface area contributed by atoms with Crippen LogP contribution in [0.3, 0.4) is 0 Å². The Morgan fingerprint density at radius 3 is 2.40 bits per heavy atom. The van der Waals surface area contributed by atoms with Crippen LogP contribution >= 0.6 is 0 Å². The van der Waals surface area contributed by atoms with Crippen LogP contribution in [0.25, 0.3) is 0 Å². The molecule has 2 rings (SSSR count). The number of hydrogen-bond donors (Lipinski definition) is 2. The Morgan fingerprint density at radius 1 is 1.05 bits per heavy atom. The molecule has 2 aromatic carbocycles. The Kier molecular flexibility index (Phi) is 4.26. The van der Waals surface area contributed by atoms with E-state index in [0.29, 0.717) is 16.9 Å². The van der Waals surface area contributed by atoms with Crippen molar-refractivity contribution in [1.82, 2.24) is 5.43 Å². The summed E-state index contributed by atoms with van der Waals surface area (Å²) >= 11 is 0. The zero-order valence-corrected chi connectivity index (χ0v) is 10.7. The van der Waals surface area contributed by atoms with Gasteiger partial charge in [-0.1, -0.05) is 6.07 Å². The molecule has 0 saturated carbocycles. The van der Waals surface area contributed by atoms with Crippen LogP contribution in [0.5, 0.6) is 5.75 Å². The average molecular weight is 282 g/mol. The molecule has 20 heavy (non-hydrogen) atoms. The second kappa shape index (κ2) is 5.94. The first kappa shape index (κ1) is 14.4. The molecule has 0 heterocycles. The van der Waals surface area contributed by atoms with Crippen molar-refractivity contribution in [2.24, 2.45) is 5.84 Å². The van der Waals surface area contributed by atoms with Crippen molar-refractivity contribution < 1.29 is 17.9 Å². The van der Waals surface area contributed by atoms with E-state index >= 15 is 0 Å². The third kappa shape index (κ3) is 2.76. The van der Waals surface area contributed by atoms with Crippen molar-refractivity contribution in [3.63, 3.8) is 0 Å². The van der Waals surface area contributed by atoms with Gasteiger partial charge in [-0.15, -0.1) is 0 Å². The summed E-state index contributed by atoms with van der Waals surface area (Å²) in [6, 6.07) is 6.54. The van der Waals surface area contributed by atoms with Crippen LogP contribution in [0.4, 0.5) is 13.2 Å². The first-order valence-electron chi connectivity index (χ1n) is 5.81. The lowest BCUT2D eigenvalue weighted by molar-refractivity contribution is 0.402. The first-order chi connectivity index (χ1) is 9.56. The smallest absolute Gasteiger partial charge is 0.159 e. The Hall–Kier alpha value is -2.05. The highest BCUT2D eigenvalue weighted by atomic mass is 19.2. The molecule has 2 aromatic rings. The van der Waals surface area contributed by atoms with E-state index in [0.717, 1.165) is 12.1 Å². The minimum atomic E-state index is -1.00. The number of nitrogens with two attached hydrogens (primary N) is 1. The zero-order chi connectivity index (χ0) is 14.7. The molecule has 1 unspecified atom stereocenters. The van der Waals surface area contributed by atoms with E-state index in [1.807, 2.05) is 0 Å². The largest absolute Gasteiger partial charge is 0.496 e. The zero-order valence-electron chi connectivity index (χ0n) is 10.7. The third-order valence-electron chi connectivity index (χ3n) is 2.95. The number of benzene rings is 2. The van der Waals surface area contributed by atoms with Gasteiger partial charge in [0.25, 0.3) is 0 Å². The lowest BCUT2D eigenvalue weighted by Crippen LogP contribution is -2.29. The van der Waals surface area contributed by atoms with Gasteiger partial charge in [-0.3, -0.25) is 5.84 Å². The molecule has 106 valence electrons. The molecule has 3 nitrogen and oxygen atoms in total. The molecule has 6 heteroatoms. The molecule has 0 spiro atoms. The lowest BCUT2D eigenvalue weighted by atomic mass is 9.98. The Morgan fingerprint density at radius 2 is 1.80 bits per heavy atom. The van der Waals surface area contributed by atoms with Gasteiger partial charge in [-0.05, 0) is 35.9 Å². The van der Waals surface area contributed by atoms with E-state index in [1.165, 1.54) is 31.4 Å². The van der Waals surface area contributed by atoms with Gasteiger partial charge in [0.2, 0.25) is 0 Å². The van der Waals surface area contributed by atoms with E-state index in [2.05, 4.69) is 5.43 Å². The second-order valence-electron chi connectivity index (χ2n) is 4.16. The van der Waals surface area contributed by atoms with Gasteiger partial charge in [0.15, 0.2) is 11.6 Å². The highest BCUT2D eigenvalue weighted by Crippen LogP contribution is 2.30. The SMILES string of the molecule is COc1ccc(F)cc1C(NN)c1ccc(F)c(F)c1. The summed E-state index contributed by atoms with van der Waals surface area (Å²) in [7, 11) is 1.43. The van der Waals surface area contributed by atoms with Crippen molar-refractivity contribution in [3.05, 3.63) is 65.0 Å². The molecule has 1 atom stereocenters. The van der Waals surface area contributed by atoms with Crippen LogP contribution in [0.1, 0.15) is 17.2 Å². The maximum atomic E-state index is 13.4. The van der Waals surface area contributed by atoms with Crippen molar-refractivity contribution >= 4 is 0 Å². The van der Waals surface area contributed by atoms with Gasteiger partial charge in [0.1, 0.15) is 11.6 Å². The molecule has 0 amide bonds. The van der Waals surface area contributed by atoms with E-state index in [1.54, 1.807) is 0 Å². The molecule has 0 fully saturated rings. The summed E-state index contributed by atoms with van der Waals surface area (Å²) in [5.41, 5.74) is 3.19. The Balaban J connectivity index is 2.51. The van der Waals surface area contributed by atoms with Crippen molar-refractivity contribution in [1.29, 1.82) is 0 Å². The molecule has 0 bridgehead atoms. The van der Waals surface area contributed by atoms with Gasteiger partial charge in [-0.2, -0.15) is 0 Å². The van der Waals surface area contributed by atoms with Crippen LogP contribution in [-0.2, 0) is 0 Å². The van der Waals surface area contributed by atoms with Crippen LogP contribution in [-0.4, -0.2) is 7.11 Å². The van der Waals surface area contributed by atoms with E-state index in [4.69, 9.17) is 10.6 Å². The molecule has 0 aliphatic rings. The molecule has 0 radical (unpaired) electrons. The summed E-state index contributed by atoms with van der Waals surface area (Å²) < 4.78 is 44.8.